The van der Waals surface area contributed by atoms with Gasteiger partial charge in [-0.3, -0.25) is 0 Å². The Hall–Kier alpha value is 0.584. The van der Waals surface area contributed by atoms with E-state index in [0.29, 0.717) is 0 Å². The zero-order chi connectivity index (χ0) is 4.99. The molecule has 0 heterocycles. The Morgan fingerprint density at radius 2 is 1.67 bits per heavy atom. The van der Waals surface area contributed by atoms with Crippen molar-refractivity contribution < 1.29 is 20.0 Å². The van der Waals surface area contributed by atoms with Crippen LogP contribution in [-0.4, -0.2) is 3.81 Å². The summed E-state index contributed by atoms with van der Waals surface area (Å²) >= 11 is 2.19. The summed E-state index contributed by atoms with van der Waals surface area (Å²) in [5.41, 5.74) is 0. The minimum atomic E-state index is 1.25. The molecular weight excluding hydrogens is 108 g/mol. The molecule has 0 aliphatic carbocycles. The normalized spacial score (nSPS) is 8.67. The third kappa shape index (κ3) is 2.80. The van der Waals surface area contributed by atoms with Crippen molar-refractivity contribution in [3.63, 3.8) is 0 Å². The van der Waals surface area contributed by atoms with Crippen LogP contribution in [0.1, 0.15) is 26.7 Å². The van der Waals surface area contributed by atoms with E-state index in [1.54, 1.807) is 3.81 Å². The van der Waals surface area contributed by atoms with Gasteiger partial charge in [-0.2, -0.15) is 0 Å². The molecule has 0 aromatic carbocycles. The van der Waals surface area contributed by atoms with Crippen LogP contribution in [0.2, 0.25) is 0 Å². The first kappa shape index (κ1) is 6.58. The van der Waals surface area contributed by atoms with Crippen LogP contribution in [0.4, 0.5) is 0 Å². The molecule has 0 unspecified atom stereocenters. The van der Waals surface area contributed by atoms with Crippen molar-refractivity contribution in [3.05, 3.63) is 0 Å². The molecular formula is C5H10Ti+. The van der Waals surface area contributed by atoms with Gasteiger partial charge in [0.1, 0.15) is 0 Å². The van der Waals surface area contributed by atoms with E-state index in [9.17, 15) is 0 Å². The van der Waals surface area contributed by atoms with E-state index in [2.05, 4.69) is 33.8 Å². The van der Waals surface area contributed by atoms with Crippen LogP contribution in [-0.2, 0) is 20.0 Å². The average Bonchev–Trinajstić information content (AvgIpc) is 1.65. The van der Waals surface area contributed by atoms with Crippen molar-refractivity contribution in [3.8, 4) is 0 Å². The molecule has 0 amide bonds. The second kappa shape index (κ2) is 3.76. The molecule has 0 aliphatic heterocycles. The summed E-state index contributed by atoms with van der Waals surface area (Å²) in [6.07, 6.45) is 2.49. The molecule has 0 N–H and O–H groups in total. The molecule has 0 fully saturated rings. The monoisotopic (exact) mass is 118 g/mol. The van der Waals surface area contributed by atoms with Crippen LogP contribution < -0.4 is 0 Å². The SMILES string of the molecule is CC[C](=[Ti+])CC. The van der Waals surface area contributed by atoms with Crippen molar-refractivity contribution >= 4 is 3.81 Å². The Kier molecular flexibility index (Phi) is 4.13. The third-order valence-corrected chi connectivity index (χ3v) is 1.96. The predicted octanol–water partition coefficient (Wildman–Crippen LogP) is 1.53. The predicted molar refractivity (Wildman–Crippen MR) is 25.6 cm³/mol. The quantitative estimate of drug-likeness (QED) is 0.482. The van der Waals surface area contributed by atoms with Gasteiger partial charge in [0.15, 0.2) is 0 Å². The standard InChI is InChI=1S/C5H10.Ti/c1-3-5-4-2;/h3-4H2,1-2H3;/q;+1. The van der Waals surface area contributed by atoms with Gasteiger partial charge in [0.05, 0.1) is 0 Å². The molecule has 0 aromatic heterocycles. The van der Waals surface area contributed by atoms with E-state index in [1.807, 2.05) is 0 Å². The maximum atomic E-state index is 2.19. The minimum absolute atomic E-state index is 1.25. The molecule has 6 heavy (non-hydrogen) atoms. The van der Waals surface area contributed by atoms with Crippen molar-refractivity contribution in [2.24, 2.45) is 0 Å². The van der Waals surface area contributed by atoms with Gasteiger partial charge in [0, 0.05) is 0 Å². The summed E-state index contributed by atoms with van der Waals surface area (Å²) in [5, 5.41) is 0. The summed E-state index contributed by atoms with van der Waals surface area (Å²) in [5.74, 6) is 0. The Bertz CT molecular complexity index is 41.9. The zero-order valence-electron chi connectivity index (χ0n) is 4.41. The van der Waals surface area contributed by atoms with E-state index in [4.69, 9.17) is 0 Å². The molecule has 0 spiro atoms. The van der Waals surface area contributed by atoms with Gasteiger partial charge >= 0.3 is 50.5 Å². The molecule has 33 valence electrons. The second-order valence-electron chi connectivity index (χ2n) is 1.31. The van der Waals surface area contributed by atoms with Gasteiger partial charge in [-0.25, -0.2) is 0 Å². The molecule has 1 heteroatoms. The summed E-state index contributed by atoms with van der Waals surface area (Å²) < 4.78 is 1.59. The van der Waals surface area contributed by atoms with Crippen LogP contribution in [0.15, 0.2) is 0 Å². The Balaban J connectivity index is 2.99. The fourth-order valence-corrected chi connectivity index (χ4v) is 0.250. The van der Waals surface area contributed by atoms with Crippen LogP contribution >= 0.6 is 0 Å². The number of hydrogen-bond acceptors (Lipinski definition) is 0. The third-order valence-electron chi connectivity index (χ3n) is 0.854. The van der Waals surface area contributed by atoms with Gasteiger partial charge in [0.25, 0.3) is 0 Å². The first-order chi connectivity index (χ1) is 2.81. The fraction of sp³-hybridized carbons (Fsp3) is 0.800. The summed E-state index contributed by atoms with van der Waals surface area (Å²) in [7, 11) is 0. The van der Waals surface area contributed by atoms with Gasteiger partial charge in [0.2, 0.25) is 0 Å². The Morgan fingerprint density at radius 3 is 1.67 bits per heavy atom. The molecule has 0 saturated carbocycles. The molecule has 0 bridgehead atoms. The van der Waals surface area contributed by atoms with E-state index in [-0.39, 0.29) is 0 Å². The van der Waals surface area contributed by atoms with Crippen LogP contribution in [0.25, 0.3) is 0 Å². The van der Waals surface area contributed by atoms with Gasteiger partial charge in [-0.05, 0) is 0 Å². The molecule has 0 rings (SSSR count). The topological polar surface area (TPSA) is 0 Å². The van der Waals surface area contributed by atoms with Crippen LogP contribution in [0.3, 0.4) is 0 Å². The summed E-state index contributed by atoms with van der Waals surface area (Å²) in [6, 6.07) is 0. The van der Waals surface area contributed by atoms with Crippen molar-refractivity contribution in [1.82, 2.24) is 0 Å². The Morgan fingerprint density at radius 1 is 1.33 bits per heavy atom. The summed E-state index contributed by atoms with van der Waals surface area (Å²) in [4.78, 5) is 0. The fourth-order valence-electron chi connectivity index (χ4n) is 0.250. The molecule has 0 saturated heterocycles. The van der Waals surface area contributed by atoms with Gasteiger partial charge in [-0.15, -0.1) is 0 Å². The van der Waals surface area contributed by atoms with E-state index >= 15 is 0 Å². The molecule has 0 aromatic rings. The molecule has 0 aliphatic rings. The van der Waals surface area contributed by atoms with E-state index in [0.717, 1.165) is 0 Å². The van der Waals surface area contributed by atoms with Crippen molar-refractivity contribution in [2.75, 3.05) is 0 Å². The molecule has 0 nitrogen and oxygen atoms in total. The Labute approximate surface area is 50.8 Å². The number of rotatable bonds is 2. The number of hydrogen-bond donors (Lipinski definition) is 0. The first-order valence-electron chi connectivity index (χ1n) is 2.37. The summed E-state index contributed by atoms with van der Waals surface area (Å²) in [6.45, 7) is 4.39. The molecule has 0 atom stereocenters. The first-order valence-corrected chi connectivity index (χ1v) is 3.15. The zero-order valence-corrected chi connectivity index (χ0v) is 5.98. The average molecular weight is 118 g/mol. The van der Waals surface area contributed by atoms with E-state index < -0.39 is 0 Å². The second-order valence-corrected chi connectivity index (χ2v) is 2.41. The van der Waals surface area contributed by atoms with E-state index in [1.165, 1.54) is 12.8 Å². The molecule has 0 radical (unpaired) electrons. The van der Waals surface area contributed by atoms with Gasteiger partial charge < -0.3 is 0 Å². The van der Waals surface area contributed by atoms with Gasteiger partial charge in [-0.1, -0.05) is 0 Å². The van der Waals surface area contributed by atoms with Crippen molar-refractivity contribution in [2.45, 2.75) is 26.7 Å². The van der Waals surface area contributed by atoms with Crippen LogP contribution in [0.5, 0.6) is 0 Å². The van der Waals surface area contributed by atoms with Crippen molar-refractivity contribution in [1.29, 1.82) is 0 Å². The maximum absolute atomic E-state index is 2.19. The van der Waals surface area contributed by atoms with Crippen LogP contribution in [0, 0.1) is 0 Å².